The second-order valence-electron chi connectivity index (χ2n) is 10.0. The molecule has 0 bridgehead atoms. The third kappa shape index (κ3) is 4.42. The van der Waals surface area contributed by atoms with E-state index < -0.39 is 0 Å². The van der Waals surface area contributed by atoms with Crippen molar-refractivity contribution in [1.29, 1.82) is 0 Å². The first-order chi connectivity index (χ1) is 19.9. The van der Waals surface area contributed by atoms with Crippen molar-refractivity contribution in [3.63, 3.8) is 0 Å². The smallest absolute Gasteiger partial charge is 0.0651 e. The van der Waals surface area contributed by atoms with Crippen LogP contribution in [0.2, 0.25) is 0 Å². The number of rotatable bonds is 5. The number of benzene rings is 4. The van der Waals surface area contributed by atoms with Gasteiger partial charge >= 0.3 is 0 Å². The van der Waals surface area contributed by atoms with E-state index >= 15 is 0 Å². The summed E-state index contributed by atoms with van der Waals surface area (Å²) in [7, 11) is 0. The molecule has 0 saturated carbocycles. The number of fused-ring (bicyclic) bond motifs is 3. The van der Waals surface area contributed by atoms with Crippen LogP contribution in [-0.2, 0) is 0 Å². The summed E-state index contributed by atoms with van der Waals surface area (Å²) in [6.45, 7) is 0. The predicted molar refractivity (Wildman–Crippen MR) is 168 cm³/mol. The Morgan fingerprint density at radius 1 is 0.600 bits per heavy atom. The van der Waals surface area contributed by atoms with Crippen LogP contribution in [0.5, 0.6) is 0 Å². The first-order valence-electron chi connectivity index (χ1n) is 13.8. The monoisotopic (exact) mass is 515 g/mol. The Kier molecular flexibility index (Phi) is 6.31. The molecule has 3 heteroatoms. The van der Waals surface area contributed by atoms with Gasteiger partial charge in [0.15, 0.2) is 0 Å². The molecule has 0 atom stereocenters. The van der Waals surface area contributed by atoms with E-state index in [1.165, 1.54) is 27.5 Å². The first kappa shape index (κ1) is 23.9. The molecule has 3 nitrogen and oxygen atoms in total. The Bertz CT molecular complexity index is 1840. The summed E-state index contributed by atoms with van der Waals surface area (Å²) in [5.74, 6) is 0. The van der Waals surface area contributed by atoms with Crippen LogP contribution in [0.15, 0.2) is 158 Å². The molecule has 0 spiro atoms. The maximum Gasteiger partial charge on any atom is 0.0651 e. The average Bonchev–Trinajstić information content (AvgIpc) is 3.34. The van der Waals surface area contributed by atoms with E-state index in [1.807, 2.05) is 12.4 Å². The molecular weight excluding hydrogens is 486 g/mol. The summed E-state index contributed by atoms with van der Waals surface area (Å²) in [5, 5.41) is 2.51. The van der Waals surface area contributed by atoms with Gasteiger partial charge < -0.3 is 9.47 Å². The van der Waals surface area contributed by atoms with Crippen LogP contribution < -0.4 is 4.90 Å². The third-order valence-corrected chi connectivity index (χ3v) is 7.52. The van der Waals surface area contributed by atoms with E-state index in [0.717, 1.165) is 41.0 Å². The SMILES string of the molecule is C1=C\C/C=C(/N(c2ccccc2)c2ccc(-c3cncc(-n4c5ccccc5c5ccccc54)c3)cc2)C\C=C/1. The highest BCUT2D eigenvalue weighted by Crippen LogP contribution is 2.35. The Morgan fingerprint density at radius 2 is 1.25 bits per heavy atom. The third-order valence-electron chi connectivity index (χ3n) is 7.52. The summed E-state index contributed by atoms with van der Waals surface area (Å²) < 4.78 is 2.32. The summed E-state index contributed by atoms with van der Waals surface area (Å²) in [4.78, 5) is 7.04. The van der Waals surface area contributed by atoms with E-state index in [4.69, 9.17) is 0 Å². The molecule has 0 fully saturated rings. The van der Waals surface area contributed by atoms with E-state index in [1.54, 1.807) is 0 Å². The lowest BCUT2D eigenvalue weighted by atomic mass is 10.1. The molecule has 0 amide bonds. The van der Waals surface area contributed by atoms with Crippen LogP contribution in [0.4, 0.5) is 11.4 Å². The van der Waals surface area contributed by atoms with Gasteiger partial charge in [0.2, 0.25) is 0 Å². The van der Waals surface area contributed by atoms with Crippen LogP contribution in [0.3, 0.4) is 0 Å². The summed E-state index contributed by atoms with van der Waals surface area (Å²) >= 11 is 0. The first-order valence-corrected chi connectivity index (χ1v) is 13.8. The zero-order valence-corrected chi connectivity index (χ0v) is 22.2. The molecule has 192 valence electrons. The molecule has 0 unspecified atom stereocenters. The van der Waals surface area contributed by atoms with Gasteiger partial charge in [-0.05, 0) is 54.4 Å². The van der Waals surface area contributed by atoms with Crippen LogP contribution in [-0.4, -0.2) is 9.55 Å². The Labute approximate surface area is 234 Å². The van der Waals surface area contributed by atoms with Crippen molar-refractivity contribution in [2.24, 2.45) is 0 Å². The fourth-order valence-corrected chi connectivity index (χ4v) is 5.66. The number of nitrogens with zero attached hydrogens (tertiary/aromatic N) is 3. The van der Waals surface area contributed by atoms with Crippen molar-refractivity contribution >= 4 is 33.2 Å². The topological polar surface area (TPSA) is 21.1 Å². The van der Waals surface area contributed by atoms with E-state index in [0.29, 0.717) is 0 Å². The lowest BCUT2D eigenvalue weighted by Crippen LogP contribution is -2.16. The minimum absolute atomic E-state index is 0.881. The van der Waals surface area contributed by atoms with Gasteiger partial charge in [-0.3, -0.25) is 4.98 Å². The molecule has 40 heavy (non-hydrogen) atoms. The Hall–Kier alpha value is -5.15. The van der Waals surface area contributed by atoms with Crippen LogP contribution in [0.25, 0.3) is 38.6 Å². The van der Waals surface area contributed by atoms with E-state index in [-0.39, 0.29) is 0 Å². The molecule has 0 N–H and O–H groups in total. The van der Waals surface area contributed by atoms with Crippen molar-refractivity contribution in [3.8, 4) is 16.8 Å². The maximum absolute atomic E-state index is 4.67. The van der Waals surface area contributed by atoms with Gasteiger partial charge in [-0.25, -0.2) is 0 Å². The van der Waals surface area contributed by atoms with Gasteiger partial charge in [0, 0.05) is 46.0 Å². The number of hydrogen-bond acceptors (Lipinski definition) is 2. The summed E-state index contributed by atoms with van der Waals surface area (Å²) in [5.41, 5.74) is 9.25. The molecule has 1 aliphatic rings. The summed E-state index contributed by atoms with van der Waals surface area (Å²) in [6, 6.07) is 38.9. The second-order valence-corrected chi connectivity index (χ2v) is 10.0. The Balaban J connectivity index is 1.28. The van der Waals surface area contributed by atoms with Gasteiger partial charge in [-0.15, -0.1) is 0 Å². The average molecular weight is 516 g/mol. The van der Waals surface area contributed by atoms with Gasteiger partial charge in [0.1, 0.15) is 0 Å². The molecule has 0 aliphatic heterocycles. The quantitative estimate of drug-likeness (QED) is 0.228. The molecule has 0 radical (unpaired) electrons. The van der Waals surface area contributed by atoms with E-state index in [2.05, 4.69) is 154 Å². The number of allylic oxidation sites excluding steroid dienone is 5. The van der Waals surface area contributed by atoms with E-state index in [9.17, 15) is 0 Å². The summed E-state index contributed by atoms with van der Waals surface area (Å²) in [6.07, 6.45) is 16.7. The number of para-hydroxylation sites is 3. The van der Waals surface area contributed by atoms with Gasteiger partial charge in [0.05, 0.1) is 22.9 Å². The minimum atomic E-state index is 0.881. The van der Waals surface area contributed by atoms with Crippen molar-refractivity contribution < 1.29 is 0 Å². The van der Waals surface area contributed by atoms with Crippen molar-refractivity contribution in [2.75, 3.05) is 4.90 Å². The highest BCUT2D eigenvalue weighted by molar-refractivity contribution is 6.09. The second kappa shape index (κ2) is 10.5. The minimum Gasteiger partial charge on any atom is -0.314 e. The van der Waals surface area contributed by atoms with Gasteiger partial charge in [0.25, 0.3) is 0 Å². The normalized spacial score (nSPS) is 16.1. The number of aromatic nitrogens is 2. The zero-order chi connectivity index (χ0) is 26.7. The number of pyridine rings is 1. The lowest BCUT2D eigenvalue weighted by molar-refractivity contribution is 1.05. The standard InChI is InChI=1S/C37H29N3/c1-2-5-13-30(14-6-3-1)39(31-15-7-4-8-16-31)32-23-21-28(22-24-32)29-25-33(27-38-26-29)40-36-19-11-9-17-34(36)35-18-10-12-20-37(35)40/h1-5,7-12,14-27H,6,13H2/b3-1-,5-2-,30-14+. The molecular formula is C37H29N3. The molecule has 2 aromatic heterocycles. The fourth-order valence-electron chi connectivity index (χ4n) is 5.66. The van der Waals surface area contributed by atoms with Crippen molar-refractivity contribution in [1.82, 2.24) is 9.55 Å². The molecule has 0 saturated heterocycles. The zero-order valence-electron chi connectivity index (χ0n) is 22.2. The highest BCUT2D eigenvalue weighted by atomic mass is 15.1. The van der Waals surface area contributed by atoms with Gasteiger partial charge in [-0.2, -0.15) is 0 Å². The highest BCUT2D eigenvalue weighted by Gasteiger charge is 2.15. The molecule has 7 rings (SSSR count). The van der Waals surface area contributed by atoms with Gasteiger partial charge in [-0.1, -0.05) is 97.1 Å². The predicted octanol–water partition coefficient (Wildman–Crippen LogP) is 9.77. The van der Waals surface area contributed by atoms with Crippen molar-refractivity contribution in [2.45, 2.75) is 12.8 Å². The molecule has 1 aliphatic carbocycles. The molecule has 4 aromatic carbocycles. The number of hydrogen-bond donors (Lipinski definition) is 0. The Morgan fingerprint density at radius 3 is 2.00 bits per heavy atom. The van der Waals surface area contributed by atoms with Crippen LogP contribution >= 0.6 is 0 Å². The number of anilines is 2. The van der Waals surface area contributed by atoms with Crippen LogP contribution in [0, 0.1) is 0 Å². The van der Waals surface area contributed by atoms with Crippen molar-refractivity contribution in [3.05, 3.63) is 158 Å². The largest absolute Gasteiger partial charge is 0.314 e. The lowest BCUT2D eigenvalue weighted by Gasteiger charge is -2.28. The molecule has 2 heterocycles. The fraction of sp³-hybridized carbons (Fsp3) is 0.0541. The molecule has 6 aromatic rings. The maximum atomic E-state index is 4.67. The van der Waals surface area contributed by atoms with Crippen LogP contribution in [0.1, 0.15) is 12.8 Å².